The lowest BCUT2D eigenvalue weighted by Gasteiger charge is -2.14. The van der Waals surface area contributed by atoms with Gasteiger partial charge in [-0.2, -0.15) is 4.57 Å². The van der Waals surface area contributed by atoms with Gasteiger partial charge >= 0.3 is 7.91 Å². The molecule has 0 unspecified atom stereocenters. The average molecular weight is 437 g/mol. The van der Waals surface area contributed by atoms with Crippen LogP contribution in [0.4, 0.5) is 4.39 Å². The molecule has 0 atom stereocenters. The van der Waals surface area contributed by atoms with Crippen molar-refractivity contribution in [3.8, 4) is 28.2 Å². The Kier molecular flexibility index (Phi) is 6.16. The standard InChI is InChI=1S/C23H21FN3O3P/c1-2-25-13-9-18(10-14-25)21-7-8-22(27(21)23-6-4-3-5-20(23)24)19-11-15-26(16-12-19)17-30-31(28)29/h3-16H,2,17H2,1H3/q+2. The second-order valence-electron chi connectivity index (χ2n) is 6.89. The predicted molar refractivity (Wildman–Crippen MR) is 112 cm³/mol. The number of aromatic nitrogens is 3. The summed E-state index contributed by atoms with van der Waals surface area (Å²) in [6.07, 6.45) is 7.44. The van der Waals surface area contributed by atoms with E-state index < -0.39 is 7.91 Å². The summed E-state index contributed by atoms with van der Waals surface area (Å²) in [5, 5.41) is 0. The minimum atomic E-state index is -2.91. The summed E-state index contributed by atoms with van der Waals surface area (Å²) in [6, 6.07) is 18.3. The Balaban J connectivity index is 1.81. The first-order valence-corrected chi connectivity index (χ1v) is 10.9. The maximum absolute atomic E-state index is 14.8. The van der Waals surface area contributed by atoms with Crippen molar-refractivity contribution in [3.63, 3.8) is 0 Å². The number of rotatable bonds is 7. The van der Waals surface area contributed by atoms with E-state index in [1.807, 2.05) is 59.4 Å². The van der Waals surface area contributed by atoms with Crippen LogP contribution in [0.15, 0.2) is 85.5 Å². The van der Waals surface area contributed by atoms with Crippen LogP contribution >= 0.6 is 7.91 Å². The number of hydrogen-bond donors (Lipinski definition) is 0. The van der Waals surface area contributed by atoms with Crippen LogP contribution in [-0.4, -0.2) is 4.57 Å². The second kappa shape index (κ2) is 9.16. The zero-order chi connectivity index (χ0) is 21.8. The van der Waals surface area contributed by atoms with Gasteiger partial charge in [0.1, 0.15) is 12.4 Å². The van der Waals surface area contributed by atoms with Crippen molar-refractivity contribution in [3.05, 3.63) is 91.3 Å². The van der Waals surface area contributed by atoms with Crippen molar-refractivity contribution in [2.75, 3.05) is 0 Å². The monoisotopic (exact) mass is 437 g/mol. The van der Waals surface area contributed by atoms with E-state index in [9.17, 15) is 13.5 Å². The molecule has 0 amide bonds. The van der Waals surface area contributed by atoms with Crippen molar-refractivity contribution in [2.45, 2.75) is 20.2 Å². The molecule has 31 heavy (non-hydrogen) atoms. The van der Waals surface area contributed by atoms with Gasteiger partial charge in [0.05, 0.1) is 17.1 Å². The number of pyridine rings is 2. The second-order valence-corrected chi connectivity index (χ2v) is 7.60. The number of aryl methyl sites for hydroxylation is 1. The molecule has 0 aliphatic carbocycles. The molecular weight excluding hydrogens is 416 g/mol. The molecule has 3 heterocycles. The molecular formula is C23H21FN3O3P+2. The molecule has 8 heteroatoms. The average Bonchev–Trinajstić information content (AvgIpc) is 3.23. The highest BCUT2D eigenvalue weighted by molar-refractivity contribution is 7.24. The first-order chi connectivity index (χ1) is 15.1. The van der Waals surface area contributed by atoms with Crippen LogP contribution in [0.5, 0.6) is 0 Å². The molecule has 0 fully saturated rings. The zero-order valence-electron chi connectivity index (χ0n) is 16.9. The van der Waals surface area contributed by atoms with Gasteiger partial charge in [-0.25, -0.2) is 22.6 Å². The highest BCUT2D eigenvalue weighted by atomic mass is 31.1. The molecule has 0 radical (unpaired) electrons. The fourth-order valence-corrected chi connectivity index (χ4v) is 3.67. The summed E-state index contributed by atoms with van der Waals surface area (Å²) in [5.41, 5.74) is 3.96. The Morgan fingerprint density at radius 3 is 1.90 bits per heavy atom. The van der Waals surface area contributed by atoms with Gasteiger partial charge in [0.15, 0.2) is 24.8 Å². The van der Waals surface area contributed by atoms with E-state index >= 15 is 0 Å². The van der Waals surface area contributed by atoms with Gasteiger partial charge in [0, 0.05) is 35.4 Å². The molecule has 4 rings (SSSR count). The van der Waals surface area contributed by atoms with E-state index in [4.69, 9.17) is 0 Å². The maximum atomic E-state index is 14.8. The molecule has 0 aliphatic rings. The van der Waals surface area contributed by atoms with Crippen LogP contribution in [0.1, 0.15) is 6.92 Å². The van der Waals surface area contributed by atoms with Gasteiger partial charge in [0.25, 0.3) is 6.73 Å². The third kappa shape index (κ3) is 4.53. The third-order valence-corrected chi connectivity index (χ3v) is 5.35. The number of para-hydroxylation sites is 1. The van der Waals surface area contributed by atoms with Gasteiger partial charge in [-0.05, 0) is 31.2 Å². The molecule has 4 aromatic rings. The van der Waals surface area contributed by atoms with Crippen LogP contribution < -0.4 is 9.13 Å². The SMILES string of the molecule is CC[n+]1ccc(-c2ccc(-c3cc[n+](COP(=O)=O)cc3)n2-c2ccccc2F)cc1. The van der Waals surface area contributed by atoms with Crippen molar-refractivity contribution in [2.24, 2.45) is 0 Å². The van der Waals surface area contributed by atoms with Gasteiger partial charge in [-0.1, -0.05) is 12.1 Å². The predicted octanol–water partition coefficient (Wildman–Crippen LogP) is 4.61. The molecule has 0 bridgehead atoms. The molecule has 0 spiro atoms. The van der Waals surface area contributed by atoms with E-state index in [2.05, 4.69) is 16.0 Å². The fraction of sp³-hybridized carbons (Fsp3) is 0.130. The Hall–Kier alpha value is -3.41. The summed E-state index contributed by atoms with van der Waals surface area (Å²) in [5.74, 6) is -0.320. The molecule has 3 aromatic heterocycles. The molecule has 0 saturated heterocycles. The Morgan fingerprint density at radius 1 is 0.839 bits per heavy atom. The first kappa shape index (κ1) is 20.8. The zero-order valence-corrected chi connectivity index (χ0v) is 17.8. The normalized spacial score (nSPS) is 10.9. The quantitative estimate of drug-likeness (QED) is 0.314. The number of hydrogen-bond acceptors (Lipinski definition) is 3. The summed E-state index contributed by atoms with van der Waals surface area (Å²) >= 11 is 0. The van der Waals surface area contributed by atoms with Crippen molar-refractivity contribution < 1.29 is 27.2 Å². The summed E-state index contributed by atoms with van der Waals surface area (Å²) in [7, 11) is -2.91. The highest BCUT2D eigenvalue weighted by Crippen LogP contribution is 2.32. The lowest BCUT2D eigenvalue weighted by molar-refractivity contribution is -0.724. The van der Waals surface area contributed by atoms with Gasteiger partial charge in [-0.3, -0.25) is 0 Å². The Labute approximate surface area is 179 Å². The summed E-state index contributed by atoms with van der Waals surface area (Å²) in [4.78, 5) is 0. The number of halogens is 1. The molecule has 0 N–H and O–H groups in total. The topological polar surface area (TPSA) is 56.1 Å². The van der Waals surface area contributed by atoms with E-state index in [1.165, 1.54) is 6.07 Å². The van der Waals surface area contributed by atoms with Gasteiger partial charge in [0.2, 0.25) is 0 Å². The van der Waals surface area contributed by atoms with Gasteiger partial charge in [-0.15, -0.1) is 0 Å². The smallest absolute Gasteiger partial charge is 0.306 e. The van der Waals surface area contributed by atoms with E-state index in [1.54, 1.807) is 29.1 Å². The summed E-state index contributed by atoms with van der Waals surface area (Å²) < 4.78 is 46.3. The summed E-state index contributed by atoms with van der Waals surface area (Å²) in [6.45, 7) is 2.84. The van der Waals surface area contributed by atoms with Crippen LogP contribution in [-0.2, 0) is 26.9 Å². The van der Waals surface area contributed by atoms with E-state index in [0.29, 0.717) is 5.69 Å². The van der Waals surface area contributed by atoms with Crippen LogP contribution in [0.25, 0.3) is 28.2 Å². The molecule has 1 aromatic carbocycles. The first-order valence-electron chi connectivity index (χ1n) is 9.79. The van der Waals surface area contributed by atoms with Crippen molar-refractivity contribution in [1.29, 1.82) is 0 Å². The van der Waals surface area contributed by atoms with E-state index in [0.717, 1.165) is 29.1 Å². The van der Waals surface area contributed by atoms with Crippen molar-refractivity contribution in [1.82, 2.24) is 4.57 Å². The lowest BCUT2D eigenvalue weighted by Crippen LogP contribution is -2.32. The molecule has 156 valence electrons. The number of benzene rings is 1. The van der Waals surface area contributed by atoms with Crippen LogP contribution in [0.3, 0.4) is 0 Å². The maximum Gasteiger partial charge on any atom is 0.473 e. The lowest BCUT2D eigenvalue weighted by atomic mass is 10.1. The molecule has 0 aliphatic heterocycles. The van der Waals surface area contributed by atoms with Gasteiger partial charge < -0.3 is 4.57 Å². The minimum Gasteiger partial charge on any atom is -0.306 e. The highest BCUT2D eigenvalue weighted by Gasteiger charge is 2.17. The molecule has 0 saturated carbocycles. The van der Waals surface area contributed by atoms with Crippen LogP contribution in [0, 0.1) is 5.82 Å². The van der Waals surface area contributed by atoms with E-state index in [-0.39, 0.29) is 12.5 Å². The largest absolute Gasteiger partial charge is 0.473 e. The minimum absolute atomic E-state index is 0.0972. The van der Waals surface area contributed by atoms with Crippen molar-refractivity contribution >= 4 is 7.91 Å². The molecule has 6 nitrogen and oxygen atoms in total. The third-order valence-electron chi connectivity index (χ3n) is 5.03. The number of nitrogens with zero attached hydrogens (tertiary/aromatic N) is 3. The Morgan fingerprint density at radius 2 is 1.39 bits per heavy atom. The fourth-order valence-electron chi connectivity index (χ4n) is 3.45. The van der Waals surface area contributed by atoms with Crippen LogP contribution in [0.2, 0.25) is 0 Å². The Bertz CT molecular complexity index is 1260.